The molecular formula is C10H15NO2. The Morgan fingerprint density at radius 3 is 2.92 bits per heavy atom. The van der Waals surface area contributed by atoms with Crippen LogP contribution < -0.4 is 0 Å². The van der Waals surface area contributed by atoms with E-state index in [1.807, 2.05) is 23.0 Å². The fraction of sp³-hybridized carbons (Fsp3) is 0.600. The Morgan fingerprint density at radius 2 is 2.31 bits per heavy atom. The number of nitrogens with zero attached hydrogens (tertiary/aromatic N) is 1. The Balaban J connectivity index is 2.03. The van der Waals surface area contributed by atoms with E-state index >= 15 is 0 Å². The standard InChI is InChI=1S/C10H15NO2/c12-6-5-11-4-3-9(7-11)10(13)8-1-2-8/h3-4,7-8,10,12-13H,1-2,5-6H2. The zero-order chi connectivity index (χ0) is 9.26. The molecule has 13 heavy (non-hydrogen) atoms. The Morgan fingerprint density at radius 1 is 1.54 bits per heavy atom. The molecule has 1 fully saturated rings. The average Bonchev–Trinajstić information content (AvgIpc) is 2.87. The van der Waals surface area contributed by atoms with Gasteiger partial charge in [0.25, 0.3) is 0 Å². The third kappa shape index (κ3) is 1.92. The van der Waals surface area contributed by atoms with Crippen molar-refractivity contribution in [2.75, 3.05) is 6.61 Å². The number of aliphatic hydroxyl groups excluding tert-OH is 2. The number of rotatable bonds is 4. The van der Waals surface area contributed by atoms with Crippen molar-refractivity contribution >= 4 is 0 Å². The van der Waals surface area contributed by atoms with Gasteiger partial charge in [0, 0.05) is 18.9 Å². The van der Waals surface area contributed by atoms with Gasteiger partial charge in [-0.3, -0.25) is 0 Å². The van der Waals surface area contributed by atoms with Crippen LogP contribution in [-0.4, -0.2) is 21.4 Å². The predicted octanol–water partition coefficient (Wildman–Crippen LogP) is 0.924. The molecule has 72 valence electrons. The van der Waals surface area contributed by atoms with E-state index in [0.717, 1.165) is 18.4 Å². The van der Waals surface area contributed by atoms with Crippen LogP contribution in [0.15, 0.2) is 18.5 Å². The van der Waals surface area contributed by atoms with Crippen LogP contribution >= 0.6 is 0 Å². The molecule has 1 heterocycles. The molecule has 1 saturated carbocycles. The molecule has 0 amide bonds. The first kappa shape index (κ1) is 8.78. The molecule has 3 nitrogen and oxygen atoms in total. The molecule has 3 heteroatoms. The maximum absolute atomic E-state index is 9.77. The summed E-state index contributed by atoms with van der Waals surface area (Å²) in [4.78, 5) is 0. The van der Waals surface area contributed by atoms with Gasteiger partial charge < -0.3 is 14.8 Å². The summed E-state index contributed by atoms with van der Waals surface area (Å²) in [6, 6.07) is 1.93. The fourth-order valence-electron chi connectivity index (χ4n) is 1.57. The zero-order valence-electron chi connectivity index (χ0n) is 7.56. The SMILES string of the molecule is OCCn1ccc(C(O)C2CC2)c1. The maximum atomic E-state index is 9.77. The van der Waals surface area contributed by atoms with E-state index in [-0.39, 0.29) is 12.7 Å². The van der Waals surface area contributed by atoms with Crippen LogP contribution in [0, 0.1) is 5.92 Å². The van der Waals surface area contributed by atoms with Crippen molar-refractivity contribution in [1.29, 1.82) is 0 Å². The van der Waals surface area contributed by atoms with Crippen molar-refractivity contribution in [2.24, 2.45) is 5.92 Å². The van der Waals surface area contributed by atoms with Gasteiger partial charge in [-0.2, -0.15) is 0 Å². The molecule has 1 unspecified atom stereocenters. The molecule has 0 aliphatic heterocycles. The summed E-state index contributed by atoms with van der Waals surface area (Å²) >= 11 is 0. The first-order valence-corrected chi connectivity index (χ1v) is 4.76. The van der Waals surface area contributed by atoms with Crippen molar-refractivity contribution < 1.29 is 10.2 Å². The lowest BCUT2D eigenvalue weighted by molar-refractivity contribution is 0.153. The minimum atomic E-state index is -0.292. The first-order chi connectivity index (χ1) is 6.31. The number of aliphatic hydroxyl groups is 2. The number of hydrogen-bond donors (Lipinski definition) is 2. The van der Waals surface area contributed by atoms with Crippen LogP contribution in [0.1, 0.15) is 24.5 Å². The predicted molar refractivity (Wildman–Crippen MR) is 49.2 cm³/mol. The van der Waals surface area contributed by atoms with Crippen molar-refractivity contribution in [2.45, 2.75) is 25.5 Å². The van der Waals surface area contributed by atoms with Gasteiger partial charge in [-0.25, -0.2) is 0 Å². The summed E-state index contributed by atoms with van der Waals surface area (Å²) in [6.07, 6.45) is 5.81. The molecule has 1 atom stereocenters. The lowest BCUT2D eigenvalue weighted by atomic mass is 10.1. The van der Waals surface area contributed by atoms with E-state index in [9.17, 15) is 5.11 Å². The quantitative estimate of drug-likeness (QED) is 0.725. The number of hydrogen-bond acceptors (Lipinski definition) is 2. The van der Waals surface area contributed by atoms with Crippen molar-refractivity contribution in [3.8, 4) is 0 Å². The van der Waals surface area contributed by atoms with E-state index in [4.69, 9.17) is 5.11 Å². The molecule has 1 aromatic heterocycles. The van der Waals surface area contributed by atoms with Gasteiger partial charge in [0.15, 0.2) is 0 Å². The Bertz CT molecular complexity index is 278. The molecule has 1 aliphatic rings. The maximum Gasteiger partial charge on any atom is 0.0832 e. The van der Waals surface area contributed by atoms with Crippen LogP contribution in [0.5, 0.6) is 0 Å². The smallest absolute Gasteiger partial charge is 0.0832 e. The minimum Gasteiger partial charge on any atom is -0.395 e. The van der Waals surface area contributed by atoms with Crippen LogP contribution in [0.4, 0.5) is 0 Å². The molecule has 2 rings (SSSR count). The van der Waals surface area contributed by atoms with E-state index in [1.54, 1.807) is 0 Å². The second kappa shape index (κ2) is 3.52. The molecule has 1 aromatic rings. The van der Waals surface area contributed by atoms with Crippen molar-refractivity contribution in [3.05, 3.63) is 24.0 Å². The van der Waals surface area contributed by atoms with E-state index in [0.29, 0.717) is 12.5 Å². The lowest BCUT2D eigenvalue weighted by Crippen LogP contribution is -2.00. The van der Waals surface area contributed by atoms with Gasteiger partial charge in [0.1, 0.15) is 0 Å². The van der Waals surface area contributed by atoms with Crippen molar-refractivity contribution in [3.63, 3.8) is 0 Å². The van der Waals surface area contributed by atoms with Crippen molar-refractivity contribution in [1.82, 2.24) is 4.57 Å². The average molecular weight is 181 g/mol. The van der Waals surface area contributed by atoms with E-state index in [1.165, 1.54) is 0 Å². The topological polar surface area (TPSA) is 45.4 Å². The minimum absolute atomic E-state index is 0.146. The zero-order valence-corrected chi connectivity index (χ0v) is 7.56. The summed E-state index contributed by atoms with van der Waals surface area (Å²) in [7, 11) is 0. The van der Waals surface area contributed by atoms with Gasteiger partial charge in [-0.05, 0) is 30.4 Å². The summed E-state index contributed by atoms with van der Waals surface area (Å²) in [6.45, 7) is 0.755. The lowest BCUT2D eigenvalue weighted by Gasteiger charge is -2.05. The summed E-state index contributed by atoms with van der Waals surface area (Å²) in [5.74, 6) is 0.477. The largest absolute Gasteiger partial charge is 0.395 e. The molecule has 2 N–H and O–H groups in total. The normalized spacial score (nSPS) is 18.9. The highest BCUT2D eigenvalue weighted by atomic mass is 16.3. The number of aromatic nitrogens is 1. The second-order valence-electron chi connectivity index (χ2n) is 3.69. The van der Waals surface area contributed by atoms with Gasteiger partial charge in [0.05, 0.1) is 12.7 Å². The summed E-state index contributed by atoms with van der Waals surface area (Å²) < 4.78 is 1.90. The third-order valence-corrected chi connectivity index (χ3v) is 2.54. The van der Waals surface area contributed by atoms with E-state index < -0.39 is 0 Å². The summed E-state index contributed by atoms with van der Waals surface area (Å²) in [5, 5.41) is 18.5. The molecule has 0 aromatic carbocycles. The highest BCUT2D eigenvalue weighted by Crippen LogP contribution is 2.40. The Labute approximate surface area is 77.6 Å². The highest BCUT2D eigenvalue weighted by molar-refractivity contribution is 5.15. The Hall–Kier alpha value is -0.800. The Kier molecular flexibility index (Phi) is 2.38. The third-order valence-electron chi connectivity index (χ3n) is 2.54. The van der Waals surface area contributed by atoms with Gasteiger partial charge in [-0.15, -0.1) is 0 Å². The van der Waals surface area contributed by atoms with Gasteiger partial charge in [-0.1, -0.05) is 0 Å². The highest BCUT2D eigenvalue weighted by Gasteiger charge is 2.30. The monoisotopic (exact) mass is 181 g/mol. The van der Waals surface area contributed by atoms with Gasteiger partial charge >= 0.3 is 0 Å². The first-order valence-electron chi connectivity index (χ1n) is 4.76. The fourth-order valence-corrected chi connectivity index (χ4v) is 1.57. The van der Waals surface area contributed by atoms with Crippen LogP contribution in [0.2, 0.25) is 0 Å². The molecular weight excluding hydrogens is 166 g/mol. The summed E-state index contributed by atoms with van der Waals surface area (Å²) in [5.41, 5.74) is 0.982. The molecule has 0 spiro atoms. The van der Waals surface area contributed by atoms with E-state index in [2.05, 4.69) is 0 Å². The van der Waals surface area contributed by atoms with Crippen LogP contribution in [0.25, 0.3) is 0 Å². The van der Waals surface area contributed by atoms with Crippen LogP contribution in [0.3, 0.4) is 0 Å². The van der Waals surface area contributed by atoms with Gasteiger partial charge in [0.2, 0.25) is 0 Å². The molecule has 0 bridgehead atoms. The molecule has 0 saturated heterocycles. The van der Waals surface area contributed by atoms with Crippen LogP contribution in [-0.2, 0) is 6.54 Å². The second-order valence-corrected chi connectivity index (χ2v) is 3.69. The molecule has 0 radical (unpaired) electrons. The molecule has 1 aliphatic carbocycles.